The molecule has 176 valence electrons. The molecule has 35 heavy (non-hydrogen) atoms. The van der Waals surface area contributed by atoms with Gasteiger partial charge in [0.1, 0.15) is 11.8 Å². The van der Waals surface area contributed by atoms with Gasteiger partial charge >= 0.3 is 6.09 Å². The summed E-state index contributed by atoms with van der Waals surface area (Å²) in [6.45, 7) is 0.580. The number of H-pyrrole nitrogens is 1. The molecule has 0 bridgehead atoms. The van der Waals surface area contributed by atoms with Gasteiger partial charge in [-0.15, -0.1) is 0 Å². The highest BCUT2D eigenvalue weighted by atomic mass is 16.6. The predicted octanol–water partition coefficient (Wildman–Crippen LogP) is 3.37. The fourth-order valence-electron chi connectivity index (χ4n) is 4.67. The number of cyclic esters (lactones) is 1. The van der Waals surface area contributed by atoms with E-state index in [1.54, 1.807) is 29.4 Å². The van der Waals surface area contributed by atoms with Crippen molar-refractivity contribution in [3.05, 3.63) is 71.7 Å². The molecule has 1 saturated heterocycles. The Hall–Kier alpha value is -4.47. The highest BCUT2D eigenvalue weighted by molar-refractivity contribution is 5.94. The minimum Gasteiger partial charge on any atom is -0.442 e. The third kappa shape index (κ3) is 3.92. The zero-order valence-electron chi connectivity index (χ0n) is 18.7. The van der Waals surface area contributed by atoms with Gasteiger partial charge in [0, 0.05) is 35.3 Å². The SMILES string of the molecule is O=C(NC[C@H]1CN(c2ccc3c(c2)CCCc2c-3n[nH]c2-c2ccno2)C(=O)O1)c1cccnc1. The van der Waals surface area contributed by atoms with Crippen LogP contribution in [0.25, 0.3) is 22.7 Å². The summed E-state index contributed by atoms with van der Waals surface area (Å²) in [6.07, 6.45) is 6.52. The molecule has 2 N–H and O–H groups in total. The van der Waals surface area contributed by atoms with E-state index in [4.69, 9.17) is 9.26 Å². The van der Waals surface area contributed by atoms with E-state index in [-0.39, 0.29) is 12.5 Å². The smallest absolute Gasteiger partial charge is 0.414 e. The summed E-state index contributed by atoms with van der Waals surface area (Å²) in [6, 6.07) is 11.2. The van der Waals surface area contributed by atoms with Crippen LogP contribution in [0.5, 0.6) is 0 Å². The van der Waals surface area contributed by atoms with Crippen LogP contribution in [0.3, 0.4) is 0 Å². The van der Waals surface area contributed by atoms with Gasteiger partial charge in [0.2, 0.25) is 0 Å². The standard InChI is InChI=1S/C25H22N6O4/c32-24(16-4-2-9-26-12-16)27-13-18-14-31(25(33)34-18)17-6-7-19-15(11-17)3-1-5-20-22(19)29-30-23(20)21-8-10-28-35-21/h2,4,6-12,18H,1,3,5,13-14H2,(H,27,32)(H,29,30)/t18-/m0/s1. The van der Waals surface area contributed by atoms with Crippen molar-refractivity contribution < 1.29 is 18.8 Å². The fourth-order valence-corrected chi connectivity index (χ4v) is 4.67. The molecule has 0 spiro atoms. The van der Waals surface area contributed by atoms with E-state index in [2.05, 4.69) is 25.7 Å². The normalized spacial score (nSPS) is 16.9. The van der Waals surface area contributed by atoms with E-state index in [0.29, 0.717) is 17.9 Å². The van der Waals surface area contributed by atoms with Gasteiger partial charge in [0.05, 0.1) is 30.5 Å². The van der Waals surface area contributed by atoms with Crippen molar-refractivity contribution in [1.82, 2.24) is 25.7 Å². The molecule has 1 aliphatic carbocycles. The van der Waals surface area contributed by atoms with E-state index >= 15 is 0 Å². The maximum Gasteiger partial charge on any atom is 0.414 e. The van der Waals surface area contributed by atoms with Gasteiger partial charge in [-0.05, 0) is 49.1 Å². The third-order valence-corrected chi connectivity index (χ3v) is 6.37. The highest BCUT2D eigenvalue weighted by Gasteiger charge is 2.33. The largest absolute Gasteiger partial charge is 0.442 e. The molecule has 3 aromatic heterocycles. The summed E-state index contributed by atoms with van der Waals surface area (Å²) in [5, 5.41) is 14.3. The number of amides is 2. The van der Waals surface area contributed by atoms with Crippen LogP contribution in [-0.2, 0) is 17.6 Å². The van der Waals surface area contributed by atoms with Crippen molar-refractivity contribution in [1.29, 1.82) is 0 Å². The number of ether oxygens (including phenoxy) is 1. The number of aromatic amines is 1. The lowest BCUT2D eigenvalue weighted by atomic mass is 10.0. The van der Waals surface area contributed by atoms with Crippen LogP contribution in [0.4, 0.5) is 10.5 Å². The van der Waals surface area contributed by atoms with Crippen molar-refractivity contribution >= 4 is 17.7 Å². The van der Waals surface area contributed by atoms with Crippen LogP contribution in [0.1, 0.15) is 27.9 Å². The Morgan fingerprint density at radius 2 is 2.14 bits per heavy atom. The van der Waals surface area contributed by atoms with Crippen molar-refractivity contribution in [2.24, 2.45) is 0 Å². The monoisotopic (exact) mass is 470 g/mol. The number of aryl methyl sites for hydroxylation is 1. The average Bonchev–Trinajstić information content (AvgIpc) is 3.61. The maximum absolute atomic E-state index is 12.6. The average molecular weight is 470 g/mol. The molecule has 10 nitrogen and oxygen atoms in total. The number of hydrogen-bond acceptors (Lipinski definition) is 7. The van der Waals surface area contributed by atoms with Crippen molar-refractivity contribution in [3.63, 3.8) is 0 Å². The number of rotatable bonds is 5. The molecule has 4 aromatic rings. The van der Waals surface area contributed by atoms with Crippen molar-refractivity contribution in [2.45, 2.75) is 25.4 Å². The third-order valence-electron chi connectivity index (χ3n) is 6.37. The van der Waals surface area contributed by atoms with E-state index in [9.17, 15) is 9.59 Å². The van der Waals surface area contributed by atoms with Crippen LogP contribution in [0.2, 0.25) is 0 Å². The number of aromatic nitrogens is 4. The number of carbonyl (C=O) groups excluding carboxylic acids is 2. The molecule has 1 atom stereocenters. The zero-order valence-corrected chi connectivity index (χ0v) is 18.7. The Morgan fingerprint density at radius 3 is 2.97 bits per heavy atom. The molecule has 2 amide bonds. The molecule has 0 radical (unpaired) electrons. The van der Waals surface area contributed by atoms with E-state index in [0.717, 1.165) is 53.0 Å². The van der Waals surface area contributed by atoms with E-state index < -0.39 is 12.2 Å². The first-order valence-electron chi connectivity index (χ1n) is 11.5. The predicted molar refractivity (Wildman–Crippen MR) is 126 cm³/mol. The number of nitrogens with zero attached hydrogens (tertiary/aromatic N) is 4. The van der Waals surface area contributed by atoms with Crippen LogP contribution in [0.15, 0.2) is 59.5 Å². The van der Waals surface area contributed by atoms with Gasteiger partial charge < -0.3 is 14.6 Å². The lowest BCUT2D eigenvalue weighted by molar-refractivity contribution is 0.0915. The topological polar surface area (TPSA) is 126 Å². The Morgan fingerprint density at radius 1 is 1.20 bits per heavy atom. The number of fused-ring (bicyclic) bond motifs is 3. The summed E-state index contributed by atoms with van der Waals surface area (Å²) in [7, 11) is 0. The van der Waals surface area contributed by atoms with Gasteiger partial charge in [0.25, 0.3) is 5.91 Å². The highest BCUT2D eigenvalue weighted by Crippen LogP contribution is 2.38. The van der Waals surface area contributed by atoms with Gasteiger partial charge in [-0.25, -0.2) is 4.79 Å². The number of benzene rings is 1. The van der Waals surface area contributed by atoms with Gasteiger partial charge in [-0.2, -0.15) is 5.10 Å². The minimum atomic E-state index is -0.440. The molecule has 0 unspecified atom stereocenters. The maximum atomic E-state index is 12.6. The van der Waals surface area contributed by atoms with E-state index in [1.165, 1.54) is 6.20 Å². The van der Waals surface area contributed by atoms with Gasteiger partial charge in [-0.3, -0.25) is 19.8 Å². The molecule has 1 aliphatic heterocycles. The summed E-state index contributed by atoms with van der Waals surface area (Å²) in [5.74, 6) is 0.414. The molecule has 0 saturated carbocycles. The number of carbonyl (C=O) groups is 2. The molecule has 2 aliphatic rings. The number of nitrogens with one attached hydrogen (secondary N) is 2. The first-order valence-corrected chi connectivity index (χ1v) is 11.5. The van der Waals surface area contributed by atoms with Crippen LogP contribution >= 0.6 is 0 Å². The number of pyridine rings is 1. The quantitative estimate of drug-likeness (QED) is 0.458. The first kappa shape index (κ1) is 21.1. The number of hydrogen-bond donors (Lipinski definition) is 2. The second-order valence-corrected chi connectivity index (χ2v) is 8.57. The second kappa shape index (κ2) is 8.71. The van der Waals surface area contributed by atoms with Crippen molar-refractivity contribution in [3.8, 4) is 22.7 Å². The molecule has 10 heteroatoms. The Balaban J connectivity index is 1.19. The second-order valence-electron chi connectivity index (χ2n) is 8.57. The minimum absolute atomic E-state index is 0.224. The summed E-state index contributed by atoms with van der Waals surface area (Å²) < 4.78 is 10.8. The number of anilines is 1. The van der Waals surface area contributed by atoms with Gasteiger partial charge in [-0.1, -0.05) is 11.2 Å². The fraction of sp³-hybridized carbons (Fsp3) is 0.240. The lowest BCUT2D eigenvalue weighted by Gasteiger charge is -2.16. The zero-order chi connectivity index (χ0) is 23.8. The first-order chi connectivity index (χ1) is 17.2. The van der Waals surface area contributed by atoms with Crippen LogP contribution in [0, 0.1) is 0 Å². The molecule has 4 heterocycles. The van der Waals surface area contributed by atoms with E-state index in [1.807, 2.05) is 24.3 Å². The van der Waals surface area contributed by atoms with Gasteiger partial charge in [0.15, 0.2) is 5.76 Å². The summed E-state index contributed by atoms with van der Waals surface area (Å²) in [5.41, 5.74) is 6.25. The Bertz CT molecular complexity index is 1380. The molecule has 1 fully saturated rings. The molecular weight excluding hydrogens is 448 g/mol. The lowest BCUT2D eigenvalue weighted by Crippen LogP contribution is -2.34. The van der Waals surface area contributed by atoms with Crippen LogP contribution in [-0.4, -0.2) is 51.5 Å². The van der Waals surface area contributed by atoms with Crippen LogP contribution < -0.4 is 10.2 Å². The molecule has 6 rings (SSSR count). The Labute approximate surface area is 200 Å². The Kier molecular flexibility index (Phi) is 5.25. The molecular formula is C25H22N6O4. The summed E-state index contributed by atoms with van der Waals surface area (Å²) >= 11 is 0. The summed E-state index contributed by atoms with van der Waals surface area (Å²) in [4.78, 5) is 30.5. The molecule has 1 aromatic carbocycles. The van der Waals surface area contributed by atoms with Crippen molar-refractivity contribution in [2.75, 3.05) is 18.0 Å².